The standard InChI is InChI=1S/C15H20O/c1-11-4-2-3-5-15(11)16-10-14-9-12-6-7-13(14)8-12/h2-5,12-14H,6-10H2,1H3. The van der Waals surface area contributed by atoms with Crippen molar-refractivity contribution >= 4 is 0 Å². The van der Waals surface area contributed by atoms with Crippen LogP contribution in [0.4, 0.5) is 0 Å². The number of ether oxygens (including phenoxy) is 1. The molecule has 0 radical (unpaired) electrons. The van der Waals surface area contributed by atoms with E-state index >= 15 is 0 Å². The number of rotatable bonds is 3. The van der Waals surface area contributed by atoms with Crippen LogP contribution in [0.3, 0.4) is 0 Å². The molecule has 0 heterocycles. The first-order valence-electron chi connectivity index (χ1n) is 6.51. The first-order chi connectivity index (χ1) is 7.83. The molecule has 3 rings (SSSR count). The zero-order chi connectivity index (χ0) is 11.0. The average molecular weight is 216 g/mol. The van der Waals surface area contributed by atoms with Crippen LogP contribution < -0.4 is 4.74 Å². The van der Waals surface area contributed by atoms with Gasteiger partial charge in [0.05, 0.1) is 6.61 Å². The summed E-state index contributed by atoms with van der Waals surface area (Å²) in [5, 5.41) is 0. The van der Waals surface area contributed by atoms with Crippen molar-refractivity contribution in [2.75, 3.05) is 6.61 Å². The Morgan fingerprint density at radius 3 is 2.75 bits per heavy atom. The van der Waals surface area contributed by atoms with Crippen molar-refractivity contribution in [1.82, 2.24) is 0 Å². The van der Waals surface area contributed by atoms with E-state index in [2.05, 4.69) is 31.2 Å². The Kier molecular flexibility index (Phi) is 2.62. The second kappa shape index (κ2) is 4.12. The van der Waals surface area contributed by atoms with E-state index in [-0.39, 0.29) is 0 Å². The van der Waals surface area contributed by atoms with E-state index in [1.165, 1.54) is 31.2 Å². The third kappa shape index (κ3) is 1.83. The van der Waals surface area contributed by atoms with Crippen molar-refractivity contribution in [2.24, 2.45) is 17.8 Å². The molecule has 2 aliphatic rings. The molecule has 1 heteroatoms. The van der Waals surface area contributed by atoms with Gasteiger partial charge in [-0.05, 0) is 55.6 Å². The highest BCUT2D eigenvalue weighted by Gasteiger charge is 2.39. The molecule has 2 saturated carbocycles. The second-order valence-electron chi connectivity index (χ2n) is 5.51. The minimum Gasteiger partial charge on any atom is -0.493 e. The molecule has 0 aliphatic heterocycles. The molecule has 2 fully saturated rings. The van der Waals surface area contributed by atoms with Gasteiger partial charge in [-0.15, -0.1) is 0 Å². The summed E-state index contributed by atoms with van der Waals surface area (Å²) < 4.78 is 5.97. The zero-order valence-electron chi connectivity index (χ0n) is 9.99. The lowest BCUT2D eigenvalue weighted by atomic mass is 9.89. The normalized spacial score (nSPS) is 31.9. The molecular formula is C15H20O. The Morgan fingerprint density at radius 1 is 1.19 bits per heavy atom. The molecule has 3 unspecified atom stereocenters. The van der Waals surface area contributed by atoms with Gasteiger partial charge in [0, 0.05) is 0 Å². The molecule has 2 bridgehead atoms. The van der Waals surface area contributed by atoms with Crippen LogP contribution in [0.25, 0.3) is 0 Å². The smallest absolute Gasteiger partial charge is 0.122 e. The fourth-order valence-corrected chi connectivity index (χ4v) is 3.50. The summed E-state index contributed by atoms with van der Waals surface area (Å²) in [5.41, 5.74) is 1.26. The van der Waals surface area contributed by atoms with Gasteiger partial charge in [-0.2, -0.15) is 0 Å². The molecule has 86 valence electrons. The van der Waals surface area contributed by atoms with Crippen LogP contribution in [-0.2, 0) is 0 Å². The van der Waals surface area contributed by atoms with E-state index in [4.69, 9.17) is 4.74 Å². The molecule has 1 nitrogen and oxygen atoms in total. The van der Waals surface area contributed by atoms with Crippen molar-refractivity contribution in [3.8, 4) is 5.75 Å². The SMILES string of the molecule is Cc1ccccc1OCC1CC2CCC1C2. The molecule has 0 aromatic heterocycles. The zero-order valence-corrected chi connectivity index (χ0v) is 9.99. The predicted octanol–water partition coefficient (Wildman–Crippen LogP) is 3.81. The van der Waals surface area contributed by atoms with Crippen molar-refractivity contribution < 1.29 is 4.74 Å². The van der Waals surface area contributed by atoms with Gasteiger partial charge >= 0.3 is 0 Å². The summed E-state index contributed by atoms with van der Waals surface area (Å²) in [7, 11) is 0. The molecule has 16 heavy (non-hydrogen) atoms. The monoisotopic (exact) mass is 216 g/mol. The molecule has 1 aromatic carbocycles. The van der Waals surface area contributed by atoms with Crippen LogP contribution in [0.2, 0.25) is 0 Å². The first-order valence-corrected chi connectivity index (χ1v) is 6.51. The number of fused-ring (bicyclic) bond motifs is 2. The molecule has 1 aromatic rings. The van der Waals surface area contributed by atoms with E-state index in [0.29, 0.717) is 0 Å². The maximum atomic E-state index is 5.97. The molecule has 0 spiro atoms. The molecule has 3 atom stereocenters. The summed E-state index contributed by atoms with van der Waals surface area (Å²) in [6.45, 7) is 3.06. The minimum atomic E-state index is 0.832. The maximum absolute atomic E-state index is 5.97. The van der Waals surface area contributed by atoms with Gasteiger partial charge in [-0.3, -0.25) is 0 Å². The molecular weight excluding hydrogens is 196 g/mol. The van der Waals surface area contributed by atoms with Crippen LogP contribution >= 0.6 is 0 Å². The number of benzene rings is 1. The van der Waals surface area contributed by atoms with E-state index < -0.39 is 0 Å². The highest BCUT2D eigenvalue weighted by molar-refractivity contribution is 5.31. The molecule has 0 N–H and O–H groups in total. The van der Waals surface area contributed by atoms with E-state index in [1.807, 2.05) is 0 Å². The van der Waals surface area contributed by atoms with Gasteiger partial charge in [0.25, 0.3) is 0 Å². The van der Waals surface area contributed by atoms with Gasteiger partial charge in [-0.25, -0.2) is 0 Å². The number of hydrogen-bond donors (Lipinski definition) is 0. The van der Waals surface area contributed by atoms with Crippen molar-refractivity contribution in [2.45, 2.75) is 32.6 Å². The third-order valence-electron chi connectivity index (χ3n) is 4.43. The lowest BCUT2D eigenvalue weighted by molar-refractivity contribution is 0.194. The highest BCUT2D eigenvalue weighted by atomic mass is 16.5. The summed E-state index contributed by atoms with van der Waals surface area (Å²) in [6.07, 6.45) is 5.82. The molecule has 0 saturated heterocycles. The van der Waals surface area contributed by atoms with Crippen molar-refractivity contribution in [3.05, 3.63) is 29.8 Å². The number of aryl methyl sites for hydroxylation is 1. The predicted molar refractivity (Wildman–Crippen MR) is 65.6 cm³/mol. The topological polar surface area (TPSA) is 9.23 Å². The van der Waals surface area contributed by atoms with Crippen LogP contribution in [0, 0.1) is 24.7 Å². The number of para-hydroxylation sites is 1. The van der Waals surface area contributed by atoms with E-state index in [0.717, 1.165) is 30.1 Å². The van der Waals surface area contributed by atoms with Gasteiger partial charge < -0.3 is 4.74 Å². The summed E-state index contributed by atoms with van der Waals surface area (Å²) in [6, 6.07) is 8.33. The van der Waals surface area contributed by atoms with Crippen LogP contribution in [-0.4, -0.2) is 6.61 Å². The fraction of sp³-hybridized carbons (Fsp3) is 0.600. The van der Waals surface area contributed by atoms with E-state index in [1.54, 1.807) is 0 Å². The Labute approximate surface area is 97.8 Å². The Balaban J connectivity index is 1.59. The Morgan fingerprint density at radius 2 is 2.06 bits per heavy atom. The molecule has 0 amide bonds. The van der Waals surface area contributed by atoms with Gasteiger partial charge in [-0.1, -0.05) is 24.6 Å². The van der Waals surface area contributed by atoms with Gasteiger partial charge in [0.2, 0.25) is 0 Å². The highest BCUT2D eigenvalue weighted by Crippen LogP contribution is 2.48. The average Bonchev–Trinajstić information content (AvgIpc) is 2.90. The summed E-state index contributed by atoms with van der Waals surface area (Å²) in [5.74, 6) is 3.90. The van der Waals surface area contributed by atoms with Gasteiger partial charge in [0.15, 0.2) is 0 Å². The Hall–Kier alpha value is -0.980. The summed E-state index contributed by atoms with van der Waals surface area (Å²) >= 11 is 0. The van der Waals surface area contributed by atoms with Crippen LogP contribution in [0.5, 0.6) is 5.75 Å². The van der Waals surface area contributed by atoms with Crippen LogP contribution in [0.15, 0.2) is 24.3 Å². The lowest BCUT2D eigenvalue weighted by Gasteiger charge is -2.22. The summed E-state index contributed by atoms with van der Waals surface area (Å²) in [4.78, 5) is 0. The second-order valence-corrected chi connectivity index (χ2v) is 5.51. The van der Waals surface area contributed by atoms with E-state index in [9.17, 15) is 0 Å². The lowest BCUT2D eigenvalue weighted by Crippen LogP contribution is -2.18. The number of hydrogen-bond acceptors (Lipinski definition) is 1. The molecule has 2 aliphatic carbocycles. The Bertz CT molecular complexity index is 371. The van der Waals surface area contributed by atoms with Gasteiger partial charge in [0.1, 0.15) is 5.75 Å². The first kappa shape index (κ1) is 10.2. The third-order valence-corrected chi connectivity index (χ3v) is 4.43. The van der Waals surface area contributed by atoms with Crippen LogP contribution in [0.1, 0.15) is 31.2 Å². The fourth-order valence-electron chi connectivity index (χ4n) is 3.50. The van der Waals surface area contributed by atoms with Crippen molar-refractivity contribution in [1.29, 1.82) is 0 Å². The largest absolute Gasteiger partial charge is 0.493 e. The minimum absolute atomic E-state index is 0.832. The quantitative estimate of drug-likeness (QED) is 0.746. The van der Waals surface area contributed by atoms with Crippen molar-refractivity contribution in [3.63, 3.8) is 0 Å². The maximum Gasteiger partial charge on any atom is 0.122 e.